The number of rotatable bonds is 18. The number of unbranched alkanes of at least 4 members (excludes halogenated alkanes) is 2. The molecule has 0 saturated carbocycles. The van der Waals surface area contributed by atoms with Gasteiger partial charge in [0.2, 0.25) is 6.29 Å². The van der Waals surface area contributed by atoms with Crippen molar-refractivity contribution in [2.45, 2.75) is 74.8 Å². The van der Waals surface area contributed by atoms with Crippen LogP contribution >= 0.6 is 11.8 Å². The summed E-state index contributed by atoms with van der Waals surface area (Å²) in [5.41, 5.74) is -1.64. The van der Waals surface area contributed by atoms with Crippen LogP contribution in [0.15, 0.2) is 67.3 Å². The van der Waals surface area contributed by atoms with E-state index in [1.807, 2.05) is 6.07 Å². The molecule has 0 bridgehead atoms. The molecule has 1 aliphatic heterocycles. The van der Waals surface area contributed by atoms with Crippen LogP contribution in [0, 0.1) is 28.8 Å². The summed E-state index contributed by atoms with van der Waals surface area (Å²) in [6, 6.07) is 8.80. The molecule has 0 spiro atoms. The third kappa shape index (κ3) is 13.5. The summed E-state index contributed by atoms with van der Waals surface area (Å²) in [5, 5.41) is 11.8. The average Bonchev–Trinajstić information content (AvgIpc) is 3.63. The van der Waals surface area contributed by atoms with Crippen molar-refractivity contribution in [3.8, 4) is 6.07 Å². The number of carbonyl (C=O) groups is 2. The highest BCUT2D eigenvalue weighted by Gasteiger charge is 2.47. The van der Waals surface area contributed by atoms with Crippen molar-refractivity contribution in [2.75, 3.05) is 19.0 Å². The molecule has 2 heterocycles. The quantitative estimate of drug-likeness (QED) is 0.0511. The topological polar surface area (TPSA) is 189 Å². The third-order valence-corrected chi connectivity index (χ3v) is 10.3. The molecule has 1 N–H and O–H groups in total. The van der Waals surface area contributed by atoms with Crippen LogP contribution in [0.1, 0.15) is 56.2 Å². The Labute approximate surface area is 320 Å². The van der Waals surface area contributed by atoms with E-state index in [-0.39, 0.29) is 61.0 Å². The van der Waals surface area contributed by atoms with Gasteiger partial charge in [0, 0.05) is 35.8 Å². The van der Waals surface area contributed by atoms with Crippen LogP contribution in [0.2, 0.25) is 0 Å². The lowest BCUT2D eigenvalue weighted by atomic mass is 9.89. The fraction of sp³-hybridized carbons (Fsp3) is 0.417. The Hall–Kier alpha value is -4.74. The molecular formula is C36H39F3N4O10S2. The molecule has 1 fully saturated rings. The highest BCUT2D eigenvalue weighted by molar-refractivity contribution is 8.00. The van der Waals surface area contributed by atoms with Crippen LogP contribution in [-0.2, 0) is 50.7 Å². The van der Waals surface area contributed by atoms with Gasteiger partial charge in [-0.1, -0.05) is 30.7 Å². The second-order valence-corrected chi connectivity index (χ2v) is 15.5. The summed E-state index contributed by atoms with van der Waals surface area (Å²) >= 11 is 1.23. The summed E-state index contributed by atoms with van der Waals surface area (Å²) in [7, 11) is -4.12. The Kier molecular flexibility index (Phi) is 15.8. The molecule has 1 aromatic heterocycles. The van der Waals surface area contributed by atoms with Crippen molar-refractivity contribution in [2.24, 2.45) is 0 Å². The second kappa shape index (κ2) is 20.3. The lowest BCUT2D eigenvalue weighted by Crippen LogP contribution is -2.47. The number of esters is 1. The molecule has 14 nitrogen and oxygen atoms in total. The predicted octanol–water partition coefficient (Wildman–Crippen LogP) is 6.09. The zero-order valence-electron chi connectivity index (χ0n) is 29.8. The summed E-state index contributed by atoms with van der Waals surface area (Å²) < 4.78 is 104. The number of aromatic nitrogens is 3. The zero-order valence-corrected chi connectivity index (χ0v) is 31.4. The van der Waals surface area contributed by atoms with Crippen molar-refractivity contribution in [3.63, 3.8) is 0 Å². The van der Waals surface area contributed by atoms with E-state index >= 15 is 4.39 Å². The van der Waals surface area contributed by atoms with Crippen LogP contribution in [0.4, 0.5) is 18.0 Å². The van der Waals surface area contributed by atoms with Gasteiger partial charge in [0.25, 0.3) is 10.1 Å². The largest absolute Gasteiger partial charge is 0.512 e. The van der Waals surface area contributed by atoms with Crippen LogP contribution in [-0.4, -0.2) is 81.9 Å². The number of carbonyl (C=O) groups excluding carboxylic acids is 2. The molecule has 4 rings (SSSR count). The highest BCUT2D eigenvalue weighted by atomic mass is 32.2. The number of hydrogen-bond acceptors (Lipinski definition) is 13. The molecule has 0 amide bonds. The van der Waals surface area contributed by atoms with E-state index in [4.69, 9.17) is 33.5 Å². The molecule has 1 saturated heterocycles. The van der Waals surface area contributed by atoms with Gasteiger partial charge in [-0.15, -0.1) is 11.8 Å². The standard InChI is InChI=1S/C36H39F3N4O10S2/c1-24(54-29-19-49-34(50-20-29)10-6-5-8-27-12-11-26(18-40)16-31(27)38)36(21-43-23-41-22-42-43,30-14-13-28(37)17-32(30)39)53-35(45)52-25(2)51-33(44)9-4-3-7-15-55(46,47)48/h5-6,8,10-14,16-17,22-25,29,34H,3-4,7,9,15,19-21H2,1-2H3,(H,46,47,48)/b8-5+,10-6+. The number of halogens is 3. The van der Waals surface area contributed by atoms with Gasteiger partial charge < -0.3 is 23.7 Å². The SMILES string of the molecule is CC(OC(=O)CCCCCS(=O)(=O)O)OC(=O)OC(Cn1cncn1)(c1ccc(F)cc1F)C(C)SC1COC(/C=C/C=C/c2ccc(C#N)cc2F)OC1. The van der Waals surface area contributed by atoms with Crippen molar-refractivity contribution < 1.29 is 59.4 Å². The van der Waals surface area contributed by atoms with Crippen molar-refractivity contribution in [1.29, 1.82) is 5.26 Å². The van der Waals surface area contributed by atoms with Gasteiger partial charge >= 0.3 is 12.1 Å². The summed E-state index contributed by atoms with van der Waals surface area (Å²) in [4.78, 5) is 29.6. The maximum Gasteiger partial charge on any atom is 0.512 e. The van der Waals surface area contributed by atoms with Crippen molar-refractivity contribution in [3.05, 3.63) is 101 Å². The average molecular weight is 809 g/mol. The maximum atomic E-state index is 15.7. The van der Waals surface area contributed by atoms with Crippen molar-refractivity contribution in [1.82, 2.24) is 14.8 Å². The number of ether oxygens (including phenoxy) is 5. The molecule has 0 radical (unpaired) electrons. The van der Waals surface area contributed by atoms with Gasteiger partial charge in [-0.2, -0.15) is 18.8 Å². The molecule has 296 valence electrons. The number of nitriles is 1. The van der Waals surface area contributed by atoms with Crippen molar-refractivity contribution >= 4 is 40.1 Å². The molecule has 19 heteroatoms. The van der Waals surface area contributed by atoms with Gasteiger partial charge in [-0.3, -0.25) is 9.35 Å². The van der Waals surface area contributed by atoms with E-state index in [2.05, 4.69) is 10.1 Å². The molecule has 0 aliphatic carbocycles. The van der Waals surface area contributed by atoms with Gasteiger partial charge in [-0.25, -0.2) is 27.6 Å². The predicted molar refractivity (Wildman–Crippen MR) is 192 cm³/mol. The van der Waals surface area contributed by atoms with Gasteiger partial charge in [0.1, 0.15) is 30.1 Å². The molecule has 3 atom stereocenters. The first-order valence-corrected chi connectivity index (χ1v) is 19.5. The molecular weight excluding hydrogens is 770 g/mol. The minimum atomic E-state index is -4.12. The number of allylic oxidation sites excluding steroid dienone is 2. The molecule has 55 heavy (non-hydrogen) atoms. The van der Waals surface area contributed by atoms with Crippen LogP contribution in [0.25, 0.3) is 6.08 Å². The minimum absolute atomic E-state index is 0.129. The number of thioether (sulfide) groups is 1. The normalized spacial score (nSPS) is 18.3. The molecule has 1 aliphatic rings. The zero-order chi connectivity index (χ0) is 40.0. The third-order valence-electron chi connectivity index (χ3n) is 8.09. The van der Waals surface area contributed by atoms with E-state index in [1.54, 1.807) is 25.2 Å². The maximum absolute atomic E-state index is 15.7. The monoisotopic (exact) mass is 808 g/mol. The van der Waals surface area contributed by atoms with E-state index in [0.29, 0.717) is 12.5 Å². The van der Waals surface area contributed by atoms with E-state index < -0.39 is 68.9 Å². The number of benzene rings is 2. The highest BCUT2D eigenvalue weighted by Crippen LogP contribution is 2.42. The summed E-state index contributed by atoms with van der Waals surface area (Å²) in [5.74, 6) is -3.64. The Balaban J connectivity index is 1.44. The number of hydrogen-bond donors (Lipinski definition) is 1. The van der Waals surface area contributed by atoms with Crippen LogP contribution < -0.4 is 0 Å². The Bertz CT molecular complexity index is 1970. The van der Waals surface area contributed by atoms with Crippen LogP contribution in [0.5, 0.6) is 0 Å². The first-order chi connectivity index (χ1) is 26.2. The second-order valence-electron chi connectivity index (χ2n) is 12.3. The first kappa shape index (κ1) is 43.0. The fourth-order valence-electron chi connectivity index (χ4n) is 5.43. The Morgan fingerprint density at radius 3 is 2.51 bits per heavy atom. The Morgan fingerprint density at radius 2 is 1.85 bits per heavy atom. The fourth-order valence-corrected chi connectivity index (χ4v) is 7.36. The molecule has 2 aromatic carbocycles. The van der Waals surface area contributed by atoms with E-state index in [9.17, 15) is 26.8 Å². The van der Waals surface area contributed by atoms with Gasteiger partial charge in [-0.05, 0) is 50.1 Å². The lowest BCUT2D eigenvalue weighted by molar-refractivity contribution is -0.171. The lowest BCUT2D eigenvalue weighted by Gasteiger charge is -2.40. The summed E-state index contributed by atoms with van der Waals surface area (Å²) in [6.07, 6.45) is 5.89. The van der Waals surface area contributed by atoms with Gasteiger partial charge in [0.15, 0.2) is 11.9 Å². The minimum Gasteiger partial charge on any atom is -0.425 e. The molecule has 3 unspecified atom stereocenters. The van der Waals surface area contributed by atoms with E-state index in [1.165, 1.54) is 54.2 Å². The first-order valence-electron chi connectivity index (χ1n) is 16.9. The van der Waals surface area contributed by atoms with Gasteiger partial charge in [0.05, 0.1) is 42.4 Å². The summed E-state index contributed by atoms with van der Waals surface area (Å²) in [6.45, 7) is 2.91. The molecule has 3 aromatic rings. The van der Waals surface area contributed by atoms with E-state index in [0.717, 1.165) is 18.2 Å². The number of nitrogens with zero attached hydrogens (tertiary/aromatic N) is 4. The Morgan fingerprint density at radius 1 is 1.09 bits per heavy atom. The van der Waals surface area contributed by atoms with Crippen LogP contribution in [0.3, 0.4) is 0 Å². The smallest absolute Gasteiger partial charge is 0.425 e.